The minimum atomic E-state index is -0.295. The molecule has 0 bridgehead atoms. The summed E-state index contributed by atoms with van der Waals surface area (Å²) < 4.78 is 0. The fraction of sp³-hybridized carbons (Fsp3) is 0.364. The van der Waals surface area contributed by atoms with Crippen LogP contribution in [0.5, 0.6) is 0 Å². The number of amides is 1. The lowest BCUT2D eigenvalue weighted by Crippen LogP contribution is -2.61. The van der Waals surface area contributed by atoms with Gasteiger partial charge >= 0.3 is 0 Å². The van der Waals surface area contributed by atoms with Crippen molar-refractivity contribution < 1.29 is 4.79 Å². The molecule has 1 aliphatic rings. The molecular weight excluding hydrogens is 176 g/mol. The molecule has 1 aromatic carbocycles. The molecule has 1 saturated heterocycles. The zero-order chi connectivity index (χ0) is 10.3. The summed E-state index contributed by atoms with van der Waals surface area (Å²) in [6.07, 6.45) is 0. The molecule has 1 atom stereocenters. The van der Waals surface area contributed by atoms with Crippen molar-refractivity contribution in [2.75, 3.05) is 11.4 Å². The van der Waals surface area contributed by atoms with Crippen molar-refractivity contribution in [1.29, 1.82) is 0 Å². The molecule has 0 aliphatic carbocycles. The van der Waals surface area contributed by atoms with Crippen molar-refractivity contribution in [2.24, 2.45) is 5.73 Å². The van der Waals surface area contributed by atoms with Gasteiger partial charge in [-0.05, 0) is 37.1 Å². The maximum absolute atomic E-state index is 11.4. The van der Waals surface area contributed by atoms with Gasteiger partial charge in [0, 0.05) is 5.69 Å². The highest BCUT2D eigenvalue weighted by molar-refractivity contribution is 6.03. The van der Waals surface area contributed by atoms with Gasteiger partial charge in [0.15, 0.2) is 0 Å². The largest absolute Gasteiger partial charge is 0.318 e. The quantitative estimate of drug-likeness (QED) is 0.671. The van der Waals surface area contributed by atoms with Crippen molar-refractivity contribution in [2.45, 2.75) is 19.9 Å². The molecule has 14 heavy (non-hydrogen) atoms. The van der Waals surface area contributed by atoms with Crippen molar-refractivity contribution in [3.05, 3.63) is 29.3 Å². The maximum Gasteiger partial charge on any atom is 0.245 e. The topological polar surface area (TPSA) is 46.3 Å². The van der Waals surface area contributed by atoms with Gasteiger partial charge in [0.25, 0.3) is 0 Å². The Kier molecular flexibility index (Phi) is 2.04. The molecular formula is C11H14N2O. The van der Waals surface area contributed by atoms with Gasteiger partial charge < -0.3 is 10.6 Å². The van der Waals surface area contributed by atoms with Crippen molar-refractivity contribution in [3.63, 3.8) is 0 Å². The zero-order valence-electron chi connectivity index (χ0n) is 8.45. The van der Waals surface area contributed by atoms with Crippen LogP contribution >= 0.6 is 0 Å². The molecule has 0 aromatic heterocycles. The van der Waals surface area contributed by atoms with E-state index in [1.807, 2.05) is 25.1 Å². The van der Waals surface area contributed by atoms with Crippen molar-refractivity contribution >= 4 is 11.6 Å². The average Bonchev–Trinajstić information content (AvgIpc) is 2.18. The molecule has 2 rings (SSSR count). The van der Waals surface area contributed by atoms with Gasteiger partial charge in [-0.15, -0.1) is 0 Å². The number of rotatable bonds is 1. The third-order valence-electron chi connectivity index (χ3n) is 2.76. The summed E-state index contributed by atoms with van der Waals surface area (Å²) in [6.45, 7) is 4.74. The fourth-order valence-electron chi connectivity index (χ4n) is 1.58. The molecule has 1 aliphatic heterocycles. The predicted molar refractivity (Wildman–Crippen MR) is 56.2 cm³/mol. The summed E-state index contributed by atoms with van der Waals surface area (Å²) in [5, 5.41) is 0. The fourth-order valence-corrected chi connectivity index (χ4v) is 1.58. The van der Waals surface area contributed by atoms with Crippen LogP contribution in [0.15, 0.2) is 18.2 Å². The third-order valence-corrected chi connectivity index (χ3v) is 2.76. The molecule has 74 valence electrons. The van der Waals surface area contributed by atoms with Gasteiger partial charge in [0.2, 0.25) is 5.91 Å². The molecule has 0 spiro atoms. The summed E-state index contributed by atoms with van der Waals surface area (Å²) in [5.74, 6) is 0.0215. The molecule has 1 heterocycles. The van der Waals surface area contributed by atoms with E-state index < -0.39 is 0 Å². The van der Waals surface area contributed by atoms with E-state index in [1.54, 1.807) is 4.90 Å². The van der Waals surface area contributed by atoms with Crippen LogP contribution in [0.1, 0.15) is 11.1 Å². The molecule has 0 saturated carbocycles. The summed E-state index contributed by atoms with van der Waals surface area (Å²) in [4.78, 5) is 13.1. The number of anilines is 1. The first-order chi connectivity index (χ1) is 6.59. The first kappa shape index (κ1) is 9.21. The van der Waals surface area contributed by atoms with Gasteiger partial charge in [-0.1, -0.05) is 6.07 Å². The van der Waals surface area contributed by atoms with Crippen LogP contribution in [0.25, 0.3) is 0 Å². The Morgan fingerprint density at radius 2 is 2.07 bits per heavy atom. The van der Waals surface area contributed by atoms with Gasteiger partial charge in [-0.25, -0.2) is 0 Å². The molecule has 2 N–H and O–H groups in total. The smallest absolute Gasteiger partial charge is 0.245 e. The van der Waals surface area contributed by atoms with Gasteiger partial charge in [-0.2, -0.15) is 0 Å². The Morgan fingerprint density at radius 3 is 2.57 bits per heavy atom. The van der Waals surface area contributed by atoms with Crippen LogP contribution in [0, 0.1) is 13.8 Å². The Hall–Kier alpha value is -1.35. The first-order valence-electron chi connectivity index (χ1n) is 4.74. The summed E-state index contributed by atoms with van der Waals surface area (Å²) >= 11 is 0. The molecule has 1 aromatic rings. The second-order valence-electron chi connectivity index (χ2n) is 3.82. The SMILES string of the molecule is Cc1ccc(N2CC(N)C2=O)cc1C. The van der Waals surface area contributed by atoms with E-state index in [1.165, 1.54) is 11.1 Å². The van der Waals surface area contributed by atoms with Gasteiger partial charge in [0.05, 0.1) is 6.54 Å². The number of carbonyl (C=O) groups excluding carboxylic acids is 1. The summed E-state index contributed by atoms with van der Waals surface area (Å²) in [6, 6.07) is 5.73. The lowest BCUT2D eigenvalue weighted by Gasteiger charge is -2.36. The number of nitrogens with two attached hydrogens (primary N) is 1. The number of β-lactam (4-membered cyclic amide) rings is 1. The van der Waals surface area contributed by atoms with Crippen molar-refractivity contribution in [1.82, 2.24) is 0 Å². The first-order valence-corrected chi connectivity index (χ1v) is 4.74. The summed E-state index contributed by atoms with van der Waals surface area (Å²) in [7, 11) is 0. The van der Waals surface area contributed by atoms with Crippen LogP contribution in [0.3, 0.4) is 0 Å². The van der Waals surface area contributed by atoms with E-state index in [0.717, 1.165) is 5.69 Å². The van der Waals surface area contributed by atoms with Crippen LogP contribution in [-0.4, -0.2) is 18.5 Å². The Morgan fingerprint density at radius 1 is 1.36 bits per heavy atom. The standard InChI is InChI=1S/C11H14N2O/c1-7-3-4-9(5-8(7)2)13-6-10(12)11(13)14/h3-5,10H,6,12H2,1-2H3. The van der Waals surface area contributed by atoms with E-state index >= 15 is 0 Å². The lowest BCUT2D eigenvalue weighted by atomic mass is 10.0. The maximum atomic E-state index is 11.4. The summed E-state index contributed by atoms with van der Waals surface area (Å²) in [5.41, 5.74) is 8.93. The number of nitrogens with zero attached hydrogens (tertiary/aromatic N) is 1. The minimum absolute atomic E-state index is 0.0215. The number of hydrogen-bond acceptors (Lipinski definition) is 2. The third kappa shape index (κ3) is 1.30. The van der Waals surface area contributed by atoms with E-state index in [2.05, 4.69) is 6.92 Å². The average molecular weight is 190 g/mol. The van der Waals surface area contributed by atoms with Crippen molar-refractivity contribution in [3.8, 4) is 0 Å². The van der Waals surface area contributed by atoms with Crippen LogP contribution in [-0.2, 0) is 4.79 Å². The van der Waals surface area contributed by atoms with E-state index in [0.29, 0.717) is 6.54 Å². The number of carbonyl (C=O) groups is 1. The predicted octanol–water partition coefficient (Wildman–Crippen LogP) is 0.977. The highest BCUT2D eigenvalue weighted by Gasteiger charge is 2.34. The van der Waals surface area contributed by atoms with Gasteiger partial charge in [-0.3, -0.25) is 4.79 Å². The molecule has 0 radical (unpaired) electrons. The zero-order valence-corrected chi connectivity index (χ0v) is 8.45. The Bertz CT molecular complexity index is 387. The highest BCUT2D eigenvalue weighted by atomic mass is 16.2. The second-order valence-corrected chi connectivity index (χ2v) is 3.82. The van der Waals surface area contributed by atoms with E-state index in [-0.39, 0.29) is 11.9 Å². The number of hydrogen-bond donors (Lipinski definition) is 1. The van der Waals surface area contributed by atoms with Crippen LogP contribution in [0.2, 0.25) is 0 Å². The Balaban J connectivity index is 2.26. The molecule has 3 heteroatoms. The molecule has 1 fully saturated rings. The minimum Gasteiger partial charge on any atom is -0.318 e. The normalized spacial score (nSPS) is 20.9. The van der Waals surface area contributed by atoms with Crippen LogP contribution in [0.4, 0.5) is 5.69 Å². The van der Waals surface area contributed by atoms with Crippen LogP contribution < -0.4 is 10.6 Å². The Labute approximate surface area is 83.5 Å². The molecule has 1 amide bonds. The number of aryl methyl sites for hydroxylation is 2. The number of benzene rings is 1. The second kappa shape index (κ2) is 3.10. The highest BCUT2D eigenvalue weighted by Crippen LogP contribution is 2.23. The molecule has 3 nitrogen and oxygen atoms in total. The molecule has 1 unspecified atom stereocenters. The lowest BCUT2D eigenvalue weighted by molar-refractivity contribution is -0.123. The monoisotopic (exact) mass is 190 g/mol. The van der Waals surface area contributed by atoms with E-state index in [4.69, 9.17) is 5.73 Å². The van der Waals surface area contributed by atoms with Gasteiger partial charge in [0.1, 0.15) is 6.04 Å². The van der Waals surface area contributed by atoms with E-state index in [9.17, 15) is 4.79 Å².